The predicted octanol–water partition coefficient (Wildman–Crippen LogP) is 4.86. The summed E-state index contributed by atoms with van der Waals surface area (Å²) in [7, 11) is 4.57. The summed E-state index contributed by atoms with van der Waals surface area (Å²) < 4.78 is 30.2. The molecule has 0 fully saturated rings. The molecule has 168 valence electrons. The topological polar surface area (TPSA) is 56.8 Å². The molecule has 0 bridgehead atoms. The second kappa shape index (κ2) is 10.7. The number of carbonyl (C=O) groups is 1. The van der Waals surface area contributed by atoms with Crippen LogP contribution >= 0.6 is 0 Å². The number of carbonyl (C=O) groups excluding carboxylic acids is 1. The Morgan fingerprint density at radius 2 is 1.62 bits per heavy atom. The van der Waals surface area contributed by atoms with E-state index < -0.39 is 6.04 Å². The zero-order valence-corrected chi connectivity index (χ0v) is 18.8. The fourth-order valence-electron chi connectivity index (χ4n) is 3.68. The Bertz CT molecular complexity index is 1070. The molecule has 32 heavy (non-hydrogen) atoms. The van der Waals surface area contributed by atoms with Crippen molar-refractivity contribution in [1.82, 2.24) is 5.32 Å². The molecule has 1 amide bonds. The molecule has 0 saturated heterocycles. The van der Waals surface area contributed by atoms with E-state index in [9.17, 15) is 9.18 Å². The Morgan fingerprint density at radius 3 is 2.22 bits per heavy atom. The van der Waals surface area contributed by atoms with Gasteiger partial charge in [-0.3, -0.25) is 4.79 Å². The Kier molecular flexibility index (Phi) is 7.71. The van der Waals surface area contributed by atoms with E-state index in [-0.39, 0.29) is 18.1 Å². The van der Waals surface area contributed by atoms with Gasteiger partial charge in [0.1, 0.15) is 5.82 Å². The SMILES string of the molecule is CCc1ccc(C(NC(=O)Cc2ccc(OC)c(OC)c2OC)c2cccc(F)c2)cc1. The van der Waals surface area contributed by atoms with Gasteiger partial charge in [-0.05, 0) is 41.3 Å². The number of halogens is 1. The van der Waals surface area contributed by atoms with Crippen LogP contribution in [-0.2, 0) is 17.6 Å². The third kappa shape index (κ3) is 5.19. The summed E-state index contributed by atoms with van der Waals surface area (Å²) in [6.07, 6.45) is 0.971. The van der Waals surface area contributed by atoms with E-state index in [0.29, 0.717) is 28.4 Å². The van der Waals surface area contributed by atoms with E-state index in [4.69, 9.17) is 14.2 Å². The van der Waals surface area contributed by atoms with Crippen LogP contribution in [0.15, 0.2) is 60.7 Å². The lowest BCUT2D eigenvalue weighted by atomic mass is 9.96. The van der Waals surface area contributed by atoms with Gasteiger partial charge in [0, 0.05) is 5.56 Å². The van der Waals surface area contributed by atoms with Crippen LogP contribution in [0.25, 0.3) is 0 Å². The molecule has 0 aliphatic rings. The van der Waals surface area contributed by atoms with Gasteiger partial charge in [-0.15, -0.1) is 0 Å². The largest absolute Gasteiger partial charge is 0.493 e. The Balaban J connectivity index is 1.90. The van der Waals surface area contributed by atoms with Gasteiger partial charge >= 0.3 is 0 Å². The molecule has 0 heterocycles. The van der Waals surface area contributed by atoms with Crippen LogP contribution in [0.4, 0.5) is 4.39 Å². The fraction of sp³-hybridized carbons (Fsp3) is 0.269. The van der Waals surface area contributed by atoms with E-state index in [0.717, 1.165) is 12.0 Å². The van der Waals surface area contributed by atoms with E-state index in [1.54, 1.807) is 24.3 Å². The second-order valence-electron chi connectivity index (χ2n) is 7.32. The van der Waals surface area contributed by atoms with Gasteiger partial charge in [0.2, 0.25) is 11.7 Å². The van der Waals surface area contributed by atoms with E-state index in [1.807, 2.05) is 24.3 Å². The van der Waals surface area contributed by atoms with Gasteiger partial charge < -0.3 is 19.5 Å². The molecule has 1 N–H and O–H groups in total. The first kappa shape index (κ1) is 23.1. The standard InChI is InChI=1S/C26H28FNO4/c1-5-17-9-11-18(12-10-17)24(19-7-6-8-21(27)15-19)28-23(29)16-20-13-14-22(30-2)26(32-4)25(20)31-3/h6-15,24H,5,16H2,1-4H3,(H,28,29). The first-order valence-corrected chi connectivity index (χ1v) is 10.4. The Labute approximate surface area is 188 Å². The molecule has 0 aliphatic carbocycles. The molecular formula is C26H28FNO4. The lowest BCUT2D eigenvalue weighted by Crippen LogP contribution is -2.30. The van der Waals surface area contributed by atoms with Crippen molar-refractivity contribution in [2.24, 2.45) is 0 Å². The average molecular weight is 438 g/mol. The number of ether oxygens (including phenoxy) is 3. The normalized spacial score (nSPS) is 11.5. The minimum atomic E-state index is -0.491. The van der Waals surface area contributed by atoms with Gasteiger partial charge in [0.15, 0.2) is 11.5 Å². The van der Waals surface area contributed by atoms with Crippen LogP contribution < -0.4 is 19.5 Å². The van der Waals surface area contributed by atoms with Crippen molar-refractivity contribution in [2.75, 3.05) is 21.3 Å². The van der Waals surface area contributed by atoms with Crippen LogP contribution in [0.5, 0.6) is 17.2 Å². The number of benzene rings is 3. The molecule has 3 aromatic rings. The molecule has 0 radical (unpaired) electrons. The van der Waals surface area contributed by atoms with Crippen molar-refractivity contribution in [2.45, 2.75) is 25.8 Å². The minimum absolute atomic E-state index is 0.0579. The maximum atomic E-state index is 13.9. The Hall–Kier alpha value is -3.54. The first-order valence-electron chi connectivity index (χ1n) is 10.4. The van der Waals surface area contributed by atoms with Gasteiger partial charge in [-0.25, -0.2) is 4.39 Å². The van der Waals surface area contributed by atoms with Crippen molar-refractivity contribution in [3.05, 3.63) is 88.7 Å². The van der Waals surface area contributed by atoms with Crippen LogP contribution in [0.2, 0.25) is 0 Å². The molecular weight excluding hydrogens is 409 g/mol. The van der Waals surface area contributed by atoms with Crippen molar-refractivity contribution >= 4 is 5.91 Å². The predicted molar refractivity (Wildman–Crippen MR) is 122 cm³/mol. The molecule has 0 aliphatic heterocycles. The molecule has 6 heteroatoms. The molecule has 0 aromatic heterocycles. The number of methoxy groups -OCH3 is 3. The molecule has 5 nitrogen and oxygen atoms in total. The highest BCUT2D eigenvalue weighted by Gasteiger charge is 2.21. The summed E-state index contributed by atoms with van der Waals surface area (Å²) in [6.45, 7) is 2.08. The third-order valence-electron chi connectivity index (χ3n) is 5.35. The quantitative estimate of drug-likeness (QED) is 0.519. The minimum Gasteiger partial charge on any atom is -0.493 e. The van der Waals surface area contributed by atoms with Crippen molar-refractivity contribution in [1.29, 1.82) is 0 Å². The lowest BCUT2D eigenvalue weighted by Gasteiger charge is -2.21. The highest BCUT2D eigenvalue weighted by molar-refractivity contribution is 5.81. The highest BCUT2D eigenvalue weighted by atomic mass is 19.1. The van der Waals surface area contributed by atoms with E-state index >= 15 is 0 Å². The number of rotatable bonds is 9. The fourth-order valence-corrected chi connectivity index (χ4v) is 3.68. The van der Waals surface area contributed by atoms with E-state index in [1.165, 1.54) is 39.0 Å². The van der Waals surface area contributed by atoms with Crippen LogP contribution in [-0.4, -0.2) is 27.2 Å². The van der Waals surface area contributed by atoms with Gasteiger partial charge in [0.25, 0.3) is 0 Å². The number of nitrogens with one attached hydrogen (secondary N) is 1. The lowest BCUT2D eigenvalue weighted by molar-refractivity contribution is -0.121. The van der Waals surface area contributed by atoms with E-state index in [2.05, 4.69) is 12.2 Å². The summed E-state index contributed by atoms with van der Waals surface area (Å²) in [4.78, 5) is 13.1. The smallest absolute Gasteiger partial charge is 0.225 e. The van der Waals surface area contributed by atoms with Gasteiger partial charge in [-0.1, -0.05) is 49.4 Å². The molecule has 1 atom stereocenters. The number of hydrogen-bond acceptors (Lipinski definition) is 4. The number of hydrogen-bond donors (Lipinski definition) is 1. The summed E-state index contributed by atoms with van der Waals surface area (Å²) >= 11 is 0. The van der Waals surface area contributed by atoms with Crippen LogP contribution in [0.3, 0.4) is 0 Å². The number of aryl methyl sites for hydroxylation is 1. The summed E-state index contributed by atoms with van der Waals surface area (Å²) in [5.41, 5.74) is 3.39. The average Bonchev–Trinajstić information content (AvgIpc) is 2.82. The third-order valence-corrected chi connectivity index (χ3v) is 5.35. The van der Waals surface area contributed by atoms with Crippen molar-refractivity contribution < 1.29 is 23.4 Å². The molecule has 3 aromatic carbocycles. The van der Waals surface area contributed by atoms with Crippen LogP contribution in [0, 0.1) is 5.82 Å². The monoisotopic (exact) mass is 437 g/mol. The molecule has 0 saturated carbocycles. The summed E-state index contributed by atoms with van der Waals surface area (Å²) in [5, 5.41) is 3.05. The maximum absolute atomic E-state index is 13.9. The first-order chi connectivity index (χ1) is 15.5. The molecule has 0 spiro atoms. The van der Waals surface area contributed by atoms with Gasteiger partial charge in [-0.2, -0.15) is 0 Å². The van der Waals surface area contributed by atoms with Crippen LogP contribution in [0.1, 0.15) is 35.2 Å². The maximum Gasteiger partial charge on any atom is 0.225 e. The van der Waals surface area contributed by atoms with Crippen molar-refractivity contribution in [3.63, 3.8) is 0 Å². The number of amides is 1. The van der Waals surface area contributed by atoms with Crippen molar-refractivity contribution in [3.8, 4) is 17.2 Å². The van der Waals surface area contributed by atoms with Gasteiger partial charge in [0.05, 0.1) is 33.8 Å². The molecule has 3 rings (SSSR count). The zero-order chi connectivity index (χ0) is 23.1. The zero-order valence-electron chi connectivity index (χ0n) is 18.8. The highest BCUT2D eigenvalue weighted by Crippen LogP contribution is 2.40. The molecule has 1 unspecified atom stereocenters. The second-order valence-corrected chi connectivity index (χ2v) is 7.32. The Morgan fingerprint density at radius 1 is 0.906 bits per heavy atom. The summed E-state index contributed by atoms with van der Waals surface area (Å²) in [5.74, 6) is 0.800. The summed E-state index contributed by atoms with van der Waals surface area (Å²) in [6, 6.07) is 17.3.